The summed E-state index contributed by atoms with van der Waals surface area (Å²) in [5.74, 6) is 0.922. The van der Waals surface area contributed by atoms with Gasteiger partial charge in [-0.05, 0) is 62.4 Å². The molecule has 26 heavy (non-hydrogen) atoms. The van der Waals surface area contributed by atoms with Gasteiger partial charge in [-0.3, -0.25) is 0 Å². The lowest BCUT2D eigenvalue weighted by atomic mass is 9.83. The van der Waals surface area contributed by atoms with Crippen molar-refractivity contribution in [1.82, 2.24) is 15.0 Å². The number of fused-ring (bicyclic) bond motifs is 1. The maximum absolute atomic E-state index is 10.1. The SMILES string of the molecule is Cc1ccc(O)c(-n2nc3ccc(OC(C)(C)CC(C)(C)C)cc3n2)c1. The molecular weight excluding hydrogens is 326 g/mol. The van der Waals surface area contributed by atoms with Gasteiger partial charge in [-0.1, -0.05) is 26.8 Å². The van der Waals surface area contributed by atoms with Gasteiger partial charge in [0, 0.05) is 6.07 Å². The number of aromatic hydroxyl groups is 1. The molecule has 1 aromatic heterocycles. The van der Waals surface area contributed by atoms with Crippen molar-refractivity contribution in [1.29, 1.82) is 0 Å². The van der Waals surface area contributed by atoms with Crippen LogP contribution in [0.25, 0.3) is 16.7 Å². The van der Waals surface area contributed by atoms with E-state index in [-0.39, 0.29) is 16.8 Å². The molecule has 3 aromatic rings. The van der Waals surface area contributed by atoms with Gasteiger partial charge in [0.05, 0.1) is 0 Å². The molecule has 0 atom stereocenters. The van der Waals surface area contributed by atoms with Gasteiger partial charge >= 0.3 is 0 Å². The van der Waals surface area contributed by atoms with Crippen LogP contribution in [-0.2, 0) is 0 Å². The molecule has 1 N–H and O–H groups in total. The van der Waals surface area contributed by atoms with Crippen LogP contribution in [0.15, 0.2) is 36.4 Å². The zero-order chi connectivity index (χ0) is 19.1. The predicted octanol–water partition coefficient (Wildman–Crippen LogP) is 5.03. The number of aromatic nitrogens is 3. The van der Waals surface area contributed by atoms with Crippen LogP contribution in [-0.4, -0.2) is 25.7 Å². The highest BCUT2D eigenvalue weighted by molar-refractivity contribution is 5.75. The topological polar surface area (TPSA) is 60.2 Å². The van der Waals surface area contributed by atoms with E-state index in [1.54, 1.807) is 6.07 Å². The number of ether oxygens (including phenoxy) is 1. The summed E-state index contributed by atoms with van der Waals surface area (Å²) in [6, 6.07) is 11.1. The number of hydrogen-bond donors (Lipinski definition) is 1. The van der Waals surface area contributed by atoms with Crippen molar-refractivity contribution in [2.45, 2.75) is 53.6 Å². The minimum Gasteiger partial charge on any atom is -0.506 e. The number of rotatable bonds is 4. The lowest BCUT2D eigenvalue weighted by Gasteiger charge is -2.33. The summed E-state index contributed by atoms with van der Waals surface area (Å²) in [6.07, 6.45) is 0.932. The monoisotopic (exact) mass is 353 g/mol. The molecule has 0 bridgehead atoms. The van der Waals surface area contributed by atoms with Crippen LogP contribution in [0.3, 0.4) is 0 Å². The average Bonchev–Trinajstić information content (AvgIpc) is 2.89. The standard InChI is InChI=1S/C21H27N3O2/c1-14-7-10-19(25)18(11-14)24-22-16-9-8-15(12-17(16)23-24)26-21(5,6)13-20(2,3)4/h7-12,25H,13H2,1-6H3. The Labute approximate surface area is 154 Å². The molecule has 1 heterocycles. The molecule has 0 aliphatic rings. The second-order valence-corrected chi connectivity index (χ2v) is 8.73. The highest BCUT2D eigenvalue weighted by Crippen LogP contribution is 2.32. The average molecular weight is 353 g/mol. The third-order valence-electron chi connectivity index (χ3n) is 4.05. The summed E-state index contributed by atoms with van der Waals surface area (Å²) in [4.78, 5) is 1.47. The van der Waals surface area contributed by atoms with Crippen molar-refractivity contribution in [2.24, 2.45) is 5.41 Å². The smallest absolute Gasteiger partial charge is 0.143 e. The van der Waals surface area contributed by atoms with Gasteiger partial charge in [-0.25, -0.2) is 0 Å². The quantitative estimate of drug-likeness (QED) is 0.715. The van der Waals surface area contributed by atoms with Gasteiger partial charge in [-0.2, -0.15) is 0 Å². The van der Waals surface area contributed by atoms with E-state index < -0.39 is 0 Å². The minimum absolute atomic E-state index is 0.152. The fraction of sp³-hybridized carbons (Fsp3) is 0.429. The molecule has 0 unspecified atom stereocenters. The fourth-order valence-electron chi connectivity index (χ4n) is 3.49. The van der Waals surface area contributed by atoms with E-state index in [1.165, 1.54) is 4.80 Å². The van der Waals surface area contributed by atoms with Crippen LogP contribution in [0.2, 0.25) is 0 Å². The summed E-state index contributed by atoms with van der Waals surface area (Å²) in [6.45, 7) is 12.8. The van der Waals surface area contributed by atoms with Crippen LogP contribution in [0, 0.1) is 12.3 Å². The normalized spacial score (nSPS) is 12.5. The van der Waals surface area contributed by atoms with Crippen LogP contribution in [0.1, 0.15) is 46.6 Å². The molecule has 5 nitrogen and oxygen atoms in total. The lowest BCUT2D eigenvalue weighted by Crippen LogP contribution is -2.33. The Morgan fingerprint density at radius 3 is 2.35 bits per heavy atom. The van der Waals surface area contributed by atoms with Gasteiger partial charge in [0.25, 0.3) is 0 Å². The number of phenols is 1. The van der Waals surface area contributed by atoms with E-state index in [9.17, 15) is 5.11 Å². The van der Waals surface area contributed by atoms with Gasteiger partial charge in [-0.15, -0.1) is 15.0 Å². The Hall–Kier alpha value is -2.56. The van der Waals surface area contributed by atoms with Gasteiger partial charge in [0.1, 0.15) is 33.8 Å². The third kappa shape index (κ3) is 4.15. The summed E-state index contributed by atoms with van der Waals surface area (Å²) in [5.41, 5.74) is 2.99. The van der Waals surface area contributed by atoms with Gasteiger partial charge < -0.3 is 9.84 Å². The van der Waals surface area contributed by atoms with Crippen molar-refractivity contribution in [3.05, 3.63) is 42.0 Å². The van der Waals surface area contributed by atoms with E-state index in [0.717, 1.165) is 28.8 Å². The maximum Gasteiger partial charge on any atom is 0.143 e. The van der Waals surface area contributed by atoms with E-state index in [1.807, 2.05) is 37.3 Å². The van der Waals surface area contributed by atoms with E-state index in [4.69, 9.17) is 4.74 Å². The first kappa shape index (κ1) is 18.2. The largest absolute Gasteiger partial charge is 0.506 e. The van der Waals surface area contributed by atoms with E-state index in [2.05, 4.69) is 44.8 Å². The molecule has 0 fully saturated rings. The Morgan fingerprint density at radius 2 is 1.65 bits per heavy atom. The number of benzene rings is 2. The summed E-state index contributed by atoms with van der Waals surface area (Å²) >= 11 is 0. The highest BCUT2D eigenvalue weighted by atomic mass is 16.5. The number of hydrogen-bond acceptors (Lipinski definition) is 4. The molecule has 138 valence electrons. The van der Waals surface area contributed by atoms with Crippen LogP contribution < -0.4 is 4.74 Å². The molecule has 3 rings (SSSR count). The Kier molecular flexibility index (Phi) is 4.42. The van der Waals surface area contributed by atoms with Crippen LogP contribution >= 0.6 is 0 Å². The number of phenolic OH excluding ortho intramolecular Hbond substituents is 1. The van der Waals surface area contributed by atoms with Gasteiger partial charge in [0.2, 0.25) is 0 Å². The maximum atomic E-state index is 10.1. The highest BCUT2D eigenvalue weighted by Gasteiger charge is 2.27. The zero-order valence-electron chi connectivity index (χ0n) is 16.4. The van der Waals surface area contributed by atoms with E-state index >= 15 is 0 Å². The molecular formula is C21H27N3O2. The Bertz CT molecular complexity index is 936. The molecule has 0 saturated heterocycles. The first-order valence-corrected chi connectivity index (χ1v) is 8.89. The molecule has 0 spiro atoms. The summed E-state index contributed by atoms with van der Waals surface area (Å²) in [5, 5.41) is 19.1. The molecule has 0 radical (unpaired) electrons. The van der Waals surface area contributed by atoms with Crippen LogP contribution in [0.5, 0.6) is 11.5 Å². The second-order valence-electron chi connectivity index (χ2n) is 8.73. The van der Waals surface area contributed by atoms with Crippen LogP contribution in [0.4, 0.5) is 0 Å². The fourth-order valence-corrected chi connectivity index (χ4v) is 3.49. The zero-order valence-corrected chi connectivity index (χ0v) is 16.4. The first-order chi connectivity index (χ1) is 12.0. The Morgan fingerprint density at radius 1 is 0.962 bits per heavy atom. The lowest BCUT2D eigenvalue weighted by molar-refractivity contribution is 0.0623. The predicted molar refractivity (Wildman–Crippen MR) is 104 cm³/mol. The Balaban J connectivity index is 1.92. The molecule has 0 aliphatic carbocycles. The molecule has 0 saturated carbocycles. The van der Waals surface area contributed by atoms with Crippen molar-refractivity contribution in [2.75, 3.05) is 0 Å². The molecule has 0 amide bonds. The number of nitrogens with zero attached hydrogens (tertiary/aromatic N) is 3. The first-order valence-electron chi connectivity index (χ1n) is 8.89. The van der Waals surface area contributed by atoms with Crippen molar-refractivity contribution < 1.29 is 9.84 Å². The second kappa shape index (κ2) is 6.31. The van der Waals surface area contributed by atoms with E-state index in [0.29, 0.717) is 5.69 Å². The van der Waals surface area contributed by atoms with Crippen molar-refractivity contribution in [3.63, 3.8) is 0 Å². The summed E-state index contributed by atoms with van der Waals surface area (Å²) in [7, 11) is 0. The van der Waals surface area contributed by atoms with Crippen molar-refractivity contribution in [3.8, 4) is 17.2 Å². The molecule has 2 aromatic carbocycles. The minimum atomic E-state index is -0.281. The van der Waals surface area contributed by atoms with Crippen molar-refractivity contribution >= 4 is 11.0 Å². The number of aryl methyl sites for hydroxylation is 1. The molecule has 5 heteroatoms. The summed E-state index contributed by atoms with van der Waals surface area (Å²) < 4.78 is 6.22. The van der Waals surface area contributed by atoms with Gasteiger partial charge in [0.15, 0.2) is 0 Å². The third-order valence-corrected chi connectivity index (χ3v) is 4.05. The molecule has 0 aliphatic heterocycles.